The van der Waals surface area contributed by atoms with Crippen LogP contribution in [0.4, 0.5) is 0 Å². The van der Waals surface area contributed by atoms with Crippen molar-refractivity contribution in [2.24, 2.45) is 5.92 Å². The van der Waals surface area contributed by atoms with Crippen molar-refractivity contribution in [1.29, 1.82) is 0 Å². The quantitative estimate of drug-likeness (QED) is 0.277. The van der Waals surface area contributed by atoms with E-state index in [-0.39, 0.29) is 5.97 Å². The van der Waals surface area contributed by atoms with Crippen LogP contribution in [0, 0.1) is 5.92 Å². The third kappa shape index (κ3) is 19.4. The van der Waals surface area contributed by atoms with Gasteiger partial charge in [0.1, 0.15) is 0 Å². The molecule has 5 nitrogen and oxygen atoms in total. The lowest BCUT2D eigenvalue weighted by Crippen LogP contribution is -2.11. The van der Waals surface area contributed by atoms with Crippen LogP contribution in [0.5, 0.6) is 0 Å². The van der Waals surface area contributed by atoms with Crippen molar-refractivity contribution in [1.82, 2.24) is 0 Å². The molecule has 0 amide bonds. The Morgan fingerprint density at radius 2 is 1.38 bits per heavy atom. The van der Waals surface area contributed by atoms with Crippen LogP contribution in [0.2, 0.25) is 0 Å². The summed E-state index contributed by atoms with van der Waals surface area (Å²) in [6.07, 6.45) is 6.72. The van der Waals surface area contributed by atoms with Gasteiger partial charge in [0.2, 0.25) is 0 Å². The Labute approximate surface area is 148 Å². The zero-order valence-corrected chi connectivity index (χ0v) is 16.0. The third-order valence-corrected chi connectivity index (χ3v) is 3.51. The van der Waals surface area contributed by atoms with Crippen LogP contribution >= 0.6 is 0 Å². The summed E-state index contributed by atoms with van der Waals surface area (Å²) < 4.78 is 21.5. The van der Waals surface area contributed by atoms with Gasteiger partial charge in [-0.15, -0.1) is 0 Å². The molecule has 24 heavy (non-hydrogen) atoms. The Kier molecular flexibility index (Phi) is 18.2. The number of carbonyl (C=O) groups excluding carboxylic acids is 1. The lowest BCUT2D eigenvalue weighted by Gasteiger charge is -2.08. The van der Waals surface area contributed by atoms with Gasteiger partial charge in [-0.05, 0) is 25.2 Å². The summed E-state index contributed by atoms with van der Waals surface area (Å²) in [4.78, 5) is 11.5. The average Bonchev–Trinajstić information content (AvgIpc) is 2.55. The van der Waals surface area contributed by atoms with Crippen molar-refractivity contribution in [2.75, 3.05) is 46.2 Å². The second-order valence-corrected chi connectivity index (χ2v) is 6.40. The number of rotatable bonds is 18. The van der Waals surface area contributed by atoms with Gasteiger partial charge in [0.15, 0.2) is 0 Å². The van der Waals surface area contributed by atoms with E-state index < -0.39 is 0 Å². The van der Waals surface area contributed by atoms with Gasteiger partial charge in [-0.1, -0.05) is 40.0 Å². The number of hydrogen-bond donors (Lipinski definition) is 0. The van der Waals surface area contributed by atoms with E-state index in [0.717, 1.165) is 25.9 Å². The molecule has 0 N–H and O–H groups in total. The van der Waals surface area contributed by atoms with Crippen LogP contribution in [-0.2, 0) is 23.7 Å². The van der Waals surface area contributed by atoms with Crippen LogP contribution in [0.15, 0.2) is 0 Å². The molecule has 0 fully saturated rings. The maximum Gasteiger partial charge on any atom is 0.305 e. The highest BCUT2D eigenvalue weighted by molar-refractivity contribution is 5.69. The minimum absolute atomic E-state index is 0.120. The molecule has 0 rings (SSSR count). The van der Waals surface area contributed by atoms with Gasteiger partial charge in [-0.2, -0.15) is 0 Å². The molecule has 0 aromatic heterocycles. The lowest BCUT2D eigenvalue weighted by atomic mass is 10.1. The first-order chi connectivity index (χ1) is 11.7. The first-order valence-electron chi connectivity index (χ1n) is 9.55. The fraction of sp³-hybridized carbons (Fsp3) is 0.947. The maximum atomic E-state index is 11.5. The normalized spacial score (nSPS) is 11.2. The molecule has 0 atom stereocenters. The van der Waals surface area contributed by atoms with Gasteiger partial charge >= 0.3 is 5.97 Å². The number of unbranched alkanes of at least 4 members (excludes halogenated alkanes) is 3. The fourth-order valence-corrected chi connectivity index (χ4v) is 1.97. The van der Waals surface area contributed by atoms with E-state index in [9.17, 15) is 4.79 Å². The molecule has 0 aromatic carbocycles. The Hall–Kier alpha value is -0.650. The van der Waals surface area contributed by atoms with E-state index in [1.54, 1.807) is 0 Å². The second kappa shape index (κ2) is 18.7. The van der Waals surface area contributed by atoms with Crippen LogP contribution in [-0.4, -0.2) is 52.2 Å². The van der Waals surface area contributed by atoms with E-state index in [4.69, 9.17) is 18.9 Å². The predicted octanol–water partition coefficient (Wildman–Crippen LogP) is 3.99. The topological polar surface area (TPSA) is 54.0 Å². The van der Waals surface area contributed by atoms with Crippen molar-refractivity contribution in [3.63, 3.8) is 0 Å². The van der Waals surface area contributed by atoms with Crippen molar-refractivity contribution in [3.8, 4) is 0 Å². The molecular formula is C19H38O5. The second-order valence-electron chi connectivity index (χ2n) is 6.40. The summed E-state index contributed by atoms with van der Waals surface area (Å²) in [5, 5.41) is 0. The summed E-state index contributed by atoms with van der Waals surface area (Å²) in [6, 6.07) is 0. The molecular weight excluding hydrogens is 308 g/mol. The molecule has 5 heteroatoms. The highest BCUT2D eigenvalue weighted by atomic mass is 16.5. The Balaban J connectivity index is 3.12. The average molecular weight is 347 g/mol. The summed E-state index contributed by atoms with van der Waals surface area (Å²) >= 11 is 0. The molecule has 0 aliphatic rings. The molecule has 0 saturated heterocycles. The molecule has 0 spiro atoms. The van der Waals surface area contributed by atoms with Crippen molar-refractivity contribution >= 4 is 5.97 Å². The van der Waals surface area contributed by atoms with Crippen molar-refractivity contribution in [2.45, 2.75) is 65.7 Å². The van der Waals surface area contributed by atoms with E-state index in [1.807, 2.05) is 0 Å². The van der Waals surface area contributed by atoms with Gasteiger partial charge in [0, 0.05) is 19.6 Å². The molecule has 0 unspecified atom stereocenters. The zero-order chi connectivity index (χ0) is 17.9. The summed E-state index contributed by atoms with van der Waals surface area (Å²) in [6.45, 7) is 10.8. The van der Waals surface area contributed by atoms with E-state index in [0.29, 0.717) is 58.4 Å². The van der Waals surface area contributed by atoms with Crippen LogP contribution in [0.1, 0.15) is 65.7 Å². The van der Waals surface area contributed by atoms with E-state index in [2.05, 4.69) is 20.8 Å². The molecule has 0 heterocycles. The van der Waals surface area contributed by atoms with Crippen LogP contribution in [0.25, 0.3) is 0 Å². The van der Waals surface area contributed by atoms with Crippen molar-refractivity contribution in [3.05, 3.63) is 0 Å². The molecule has 0 bridgehead atoms. The molecule has 0 aliphatic carbocycles. The molecule has 0 saturated carbocycles. The first-order valence-corrected chi connectivity index (χ1v) is 9.55. The van der Waals surface area contributed by atoms with Gasteiger partial charge < -0.3 is 18.9 Å². The fourth-order valence-electron chi connectivity index (χ4n) is 1.97. The molecule has 0 radical (unpaired) electrons. The Bertz CT molecular complexity index is 268. The van der Waals surface area contributed by atoms with E-state index >= 15 is 0 Å². The van der Waals surface area contributed by atoms with Gasteiger partial charge in [-0.25, -0.2) is 0 Å². The summed E-state index contributed by atoms with van der Waals surface area (Å²) in [5.74, 6) is 0.558. The monoisotopic (exact) mass is 346 g/mol. The van der Waals surface area contributed by atoms with Crippen molar-refractivity contribution < 1.29 is 23.7 Å². The summed E-state index contributed by atoms with van der Waals surface area (Å²) in [7, 11) is 0. The number of carbonyl (C=O) groups is 1. The lowest BCUT2D eigenvalue weighted by molar-refractivity contribution is -0.144. The minimum atomic E-state index is -0.120. The SMILES string of the molecule is CCCCCCOC(=O)CCCOCCOCCOCCC(C)C. The van der Waals surface area contributed by atoms with Crippen LogP contribution < -0.4 is 0 Å². The minimum Gasteiger partial charge on any atom is -0.466 e. The third-order valence-electron chi connectivity index (χ3n) is 3.51. The standard InChI is InChI=1S/C19H38O5/c1-4-5-6-7-12-24-19(20)9-8-11-21-14-16-23-17-15-22-13-10-18(2)3/h18H,4-17H2,1-3H3. The highest BCUT2D eigenvalue weighted by Gasteiger charge is 2.02. The number of hydrogen-bond acceptors (Lipinski definition) is 5. The van der Waals surface area contributed by atoms with Gasteiger partial charge in [0.25, 0.3) is 0 Å². The van der Waals surface area contributed by atoms with Gasteiger partial charge in [-0.3, -0.25) is 4.79 Å². The highest BCUT2D eigenvalue weighted by Crippen LogP contribution is 2.01. The maximum absolute atomic E-state index is 11.5. The predicted molar refractivity (Wildman–Crippen MR) is 96.2 cm³/mol. The molecule has 0 aliphatic heterocycles. The smallest absolute Gasteiger partial charge is 0.305 e. The first kappa shape index (κ1) is 23.4. The van der Waals surface area contributed by atoms with Crippen LogP contribution in [0.3, 0.4) is 0 Å². The van der Waals surface area contributed by atoms with E-state index in [1.165, 1.54) is 12.8 Å². The summed E-state index contributed by atoms with van der Waals surface area (Å²) in [5.41, 5.74) is 0. The number of ether oxygens (including phenoxy) is 4. The number of esters is 1. The molecule has 0 aromatic rings. The Morgan fingerprint density at radius 1 is 0.750 bits per heavy atom. The zero-order valence-electron chi connectivity index (χ0n) is 16.0. The largest absolute Gasteiger partial charge is 0.466 e. The molecule has 144 valence electrons. The van der Waals surface area contributed by atoms with Gasteiger partial charge in [0.05, 0.1) is 33.0 Å². The Morgan fingerprint density at radius 3 is 2.00 bits per heavy atom.